The Morgan fingerprint density at radius 2 is 1.92 bits per heavy atom. The number of amidine groups is 1. The number of ketones is 1. The molecular weight excluding hydrogens is 495 g/mol. The van der Waals surface area contributed by atoms with Crippen molar-refractivity contribution in [2.75, 3.05) is 11.9 Å². The molecule has 3 N–H and O–H groups in total. The van der Waals surface area contributed by atoms with Gasteiger partial charge in [-0.3, -0.25) is 20.4 Å². The zero-order chi connectivity index (χ0) is 27.5. The van der Waals surface area contributed by atoms with Crippen LogP contribution in [0.15, 0.2) is 36.4 Å². The lowest BCUT2D eigenvalue weighted by atomic mass is 9.62. The molecule has 2 aliphatic carbocycles. The molecule has 0 bridgehead atoms. The quantitative estimate of drug-likeness (QED) is 0.338. The maximum absolute atomic E-state index is 14.1. The molecule has 0 atom stereocenters. The third-order valence-electron chi connectivity index (χ3n) is 8.29. The van der Waals surface area contributed by atoms with Gasteiger partial charge in [-0.2, -0.15) is 13.2 Å². The smallest absolute Gasteiger partial charge is 0.324 e. The van der Waals surface area contributed by atoms with E-state index in [0.29, 0.717) is 16.8 Å². The van der Waals surface area contributed by atoms with Crippen LogP contribution in [0.3, 0.4) is 0 Å². The van der Waals surface area contributed by atoms with Crippen LogP contribution in [0, 0.1) is 10.8 Å². The van der Waals surface area contributed by atoms with Gasteiger partial charge in [-0.05, 0) is 67.1 Å². The van der Waals surface area contributed by atoms with E-state index in [-0.39, 0.29) is 55.6 Å². The molecule has 7 nitrogen and oxygen atoms in total. The minimum absolute atomic E-state index is 0. The highest BCUT2D eigenvalue weighted by Crippen LogP contribution is 2.45. The molecule has 0 radical (unpaired) electrons. The Morgan fingerprint density at radius 1 is 1.21 bits per heavy atom. The van der Waals surface area contributed by atoms with Gasteiger partial charge in [0.05, 0.1) is 23.9 Å². The van der Waals surface area contributed by atoms with E-state index in [1.807, 2.05) is 0 Å². The molecule has 2 aromatic carbocycles. The van der Waals surface area contributed by atoms with E-state index in [2.05, 4.69) is 12.2 Å². The first-order valence-electron chi connectivity index (χ1n) is 12.6. The number of hydrogen-bond acceptors (Lipinski definition) is 5. The van der Waals surface area contributed by atoms with Crippen molar-refractivity contribution in [3.8, 4) is 0 Å². The number of carbonyl (C=O) groups is 2. The van der Waals surface area contributed by atoms with Crippen LogP contribution in [0.5, 0.6) is 0 Å². The van der Waals surface area contributed by atoms with E-state index in [1.54, 1.807) is 37.4 Å². The Bertz CT molecular complexity index is 1350. The summed E-state index contributed by atoms with van der Waals surface area (Å²) in [5, 5.41) is 19.4. The fraction of sp³-hybridized carbons (Fsp3) is 0.429. The summed E-state index contributed by atoms with van der Waals surface area (Å²) in [5.41, 5.74) is -0.387. The summed E-state index contributed by atoms with van der Waals surface area (Å²) >= 11 is 0. The molecule has 0 saturated heterocycles. The molecule has 0 unspecified atom stereocenters. The normalized spacial score (nSPS) is 19.4. The van der Waals surface area contributed by atoms with Crippen molar-refractivity contribution in [2.45, 2.75) is 69.2 Å². The van der Waals surface area contributed by atoms with Crippen molar-refractivity contribution in [2.24, 2.45) is 0 Å². The monoisotopic (exact) mass is 527 g/mol. The lowest BCUT2D eigenvalue weighted by molar-refractivity contribution is -0.138. The standard InChI is InChI=1S/C28H30F3N5O2.H2/c1-26(7-4-8-26)34-14-17-9-21-22(23(10-17)28(29,30)31)15-36(24(21)38)19-6-3-5-18(11-19)27(12-20(37)13-27)25(33)35(2)16-32;/h3,5-6,9-11,16,32-34H,4,7-8,12-15H2,1-2H3;1H. The number of likely N-dealkylation sites (N-methyl/N-ethyl adjacent to an activating group) is 1. The van der Waals surface area contributed by atoms with E-state index in [1.165, 1.54) is 9.80 Å². The molecule has 202 valence electrons. The minimum Gasteiger partial charge on any atom is -0.324 e. The molecule has 1 aliphatic heterocycles. The number of fused-ring (bicyclic) bond motifs is 1. The highest BCUT2D eigenvalue weighted by Gasteiger charge is 2.50. The van der Waals surface area contributed by atoms with Crippen LogP contribution in [0.4, 0.5) is 18.9 Å². The van der Waals surface area contributed by atoms with Gasteiger partial charge in [-0.25, -0.2) is 0 Å². The molecule has 0 aromatic heterocycles. The fourth-order valence-electron chi connectivity index (χ4n) is 5.73. The second kappa shape index (κ2) is 9.04. The van der Waals surface area contributed by atoms with Gasteiger partial charge in [0.1, 0.15) is 11.6 Å². The topological polar surface area (TPSA) is 100 Å². The zero-order valence-electron chi connectivity index (χ0n) is 21.3. The maximum atomic E-state index is 14.1. The summed E-state index contributed by atoms with van der Waals surface area (Å²) in [7, 11) is 1.56. The van der Waals surface area contributed by atoms with Crippen LogP contribution in [-0.4, -0.2) is 41.4 Å². The Balaban J connectivity index is 0.00000353. The van der Waals surface area contributed by atoms with E-state index >= 15 is 0 Å². The number of benzene rings is 2. The molecule has 2 saturated carbocycles. The predicted molar refractivity (Wildman–Crippen MR) is 140 cm³/mol. The third kappa shape index (κ3) is 4.30. The largest absolute Gasteiger partial charge is 0.416 e. The number of hydrogen-bond donors (Lipinski definition) is 3. The number of nitrogens with one attached hydrogen (secondary N) is 3. The summed E-state index contributed by atoms with van der Waals surface area (Å²) in [6.45, 7) is 2.08. The second-order valence-electron chi connectivity index (χ2n) is 10.9. The molecule has 0 spiro atoms. The van der Waals surface area contributed by atoms with Crippen LogP contribution in [0.1, 0.15) is 73.1 Å². The number of rotatable bonds is 7. The van der Waals surface area contributed by atoms with E-state index < -0.39 is 23.1 Å². The van der Waals surface area contributed by atoms with Gasteiger partial charge in [0.15, 0.2) is 0 Å². The Kier molecular flexibility index (Phi) is 6.21. The molecule has 10 heteroatoms. The highest BCUT2D eigenvalue weighted by atomic mass is 19.4. The van der Waals surface area contributed by atoms with Gasteiger partial charge in [0, 0.05) is 44.7 Å². The number of amides is 1. The number of Topliss-reactive ketones (excluding diaryl/α,β-unsaturated/α-hetero) is 1. The Labute approximate surface area is 220 Å². The van der Waals surface area contributed by atoms with E-state index in [4.69, 9.17) is 10.8 Å². The van der Waals surface area contributed by atoms with Crippen LogP contribution in [0.2, 0.25) is 0 Å². The zero-order valence-corrected chi connectivity index (χ0v) is 21.3. The Morgan fingerprint density at radius 3 is 2.50 bits per heavy atom. The van der Waals surface area contributed by atoms with E-state index in [0.717, 1.165) is 31.7 Å². The van der Waals surface area contributed by atoms with Crippen molar-refractivity contribution in [1.82, 2.24) is 10.2 Å². The molecule has 38 heavy (non-hydrogen) atoms. The molecule has 1 amide bonds. The summed E-state index contributed by atoms with van der Waals surface area (Å²) < 4.78 is 42.3. The van der Waals surface area contributed by atoms with Crippen molar-refractivity contribution in [3.63, 3.8) is 0 Å². The first-order valence-corrected chi connectivity index (χ1v) is 12.6. The van der Waals surface area contributed by atoms with Crippen LogP contribution in [0.25, 0.3) is 0 Å². The SMILES string of the molecule is CN(C=N)C(=N)C1(c2cccc(N3Cc4c(cc(CNC5(C)CCC5)cc4C(F)(F)F)C3=O)c2)CC(=O)C1.[HH]. The van der Waals surface area contributed by atoms with Gasteiger partial charge in [0.2, 0.25) is 0 Å². The van der Waals surface area contributed by atoms with Crippen molar-refractivity contribution >= 4 is 29.6 Å². The molecule has 3 aliphatic rings. The lowest BCUT2D eigenvalue weighted by Crippen LogP contribution is -2.53. The van der Waals surface area contributed by atoms with Crippen molar-refractivity contribution in [3.05, 3.63) is 64.2 Å². The lowest BCUT2D eigenvalue weighted by Gasteiger charge is -2.43. The van der Waals surface area contributed by atoms with Crippen LogP contribution >= 0.6 is 0 Å². The minimum atomic E-state index is -4.61. The second-order valence-corrected chi connectivity index (χ2v) is 10.9. The molecule has 5 rings (SSSR count). The number of nitrogens with zero attached hydrogens (tertiary/aromatic N) is 2. The highest BCUT2D eigenvalue weighted by molar-refractivity contribution is 6.11. The van der Waals surface area contributed by atoms with Gasteiger partial charge < -0.3 is 15.1 Å². The molecule has 2 aromatic rings. The van der Waals surface area contributed by atoms with Gasteiger partial charge in [-0.1, -0.05) is 12.1 Å². The van der Waals surface area contributed by atoms with E-state index in [9.17, 15) is 22.8 Å². The molecular formula is C28H32F3N5O2. The van der Waals surface area contributed by atoms with Gasteiger partial charge in [-0.15, -0.1) is 0 Å². The number of anilines is 1. The first-order chi connectivity index (χ1) is 17.9. The number of alkyl halides is 3. The maximum Gasteiger partial charge on any atom is 0.416 e. The van der Waals surface area contributed by atoms with Gasteiger partial charge >= 0.3 is 6.18 Å². The van der Waals surface area contributed by atoms with Crippen LogP contribution < -0.4 is 10.2 Å². The van der Waals surface area contributed by atoms with Crippen molar-refractivity contribution < 1.29 is 24.2 Å². The predicted octanol–water partition coefficient (Wildman–Crippen LogP) is 5.26. The number of halogens is 3. The average Bonchev–Trinajstić information content (AvgIpc) is 3.18. The Hall–Kier alpha value is -3.53. The van der Waals surface area contributed by atoms with Crippen molar-refractivity contribution in [1.29, 1.82) is 10.8 Å². The van der Waals surface area contributed by atoms with Gasteiger partial charge in [0.25, 0.3) is 5.91 Å². The summed E-state index contributed by atoms with van der Waals surface area (Å²) in [4.78, 5) is 28.1. The molecule has 1 heterocycles. The first kappa shape index (κ1) is 26.1. The summed E-state index contributed by atoms with van der Waals surface area (Å²) in [6.07, 6.45) is -0.416. The third-order valence-corrected chi connectivity index (χ3v) is 8.29. The average molecular weight is 528 g/mol. The number of carbonyl (C=O) groups excluding carboxylic acids is 2. The summed E-state index contributed by atoms with van der Waals surface area (Å²) in [6, 6.07) is 9.47. The summed E-state index contributed by atoms with van der Waals surface area (Å²) in [5.74, 6) is -0.448. The fourth-order valence-corrected chi connectivity index (χ4v) is 5.73. The molecule has 2 fully saturated rings. The van der Waals surface area contributed by atoms with Crippen LogP contribution in [-0.2, 0) is 29.5 Å².